The zero-order chi connectivity index (χ0) is 23.8. The van der Waals surface area contributed by atoms with Gasteiger partial charge in [0.1, 0.15) is 0 Å². The quantitative estimate of drug-likeness (QED) is 0.362. The fourth-order valence-electron chi connectivity index (χ4n) is 10.6. The molecule has 0 heterocycles. The third-order valence-electron chi connectivity index (χ3n) is 11.3. The van der Waals surface area contributed by atoms with Crippen LogP contribution in [0, 0.1) is 38.9 Å². The normalized spacial score (nSPS) is 48.3. The average molecular weight is 447 g/mol. The Balaban J connectivity index is 1.69. The van der Waals surface area contributed by atoms with Gasteiger partial charge in [-0.1, -0.05) is 63.3 Å². The molecule has 1 aromatic carbocycles. The zero-order valence-corrected chi connectivity index (χ0v) is 20.4. The molecule has 33 heavy (non-hydrogen) atoms. The molecular formula is C29H34O4. The molecule has 0 N–H and O–H groups in total. The van der Waals surface area contributed by atoms with E-state index in [1.54, 1.807) is 19.2 Å². The Morgan fingerprint density at radius 2 is 1.70 bits per heavy atom. The van der Waals surface area contributed by atoms with Crippen LogP contribution in [-0.4, -0.2) is 30.1 Å². The van der Waals surface area contributed by atoms with Gasteiger partial charge in [0.05, 0.1) is 16.4 Å². The summed E-state index contributed by atoms with van der Waals surface area (Å²) in [5.74, 6) is -0.444. The van der Waals surface area contributed by atoms with Crippen LogP contribution in [-0.2, 0) is 14.3 Å². The lowest BCUT2D eigenvalue weighted by Crippen LogP contribution is -2.80. The van der Waals surface area contributed by atoms with Gasteiger partial charge in [-0.15, -0.1) is 0 Å². The molecule has 174 valence electrons. The molecule has 0 saturated heterocycles. The Hall–Kier alpha value is -2.07. The van der Waals surface area contributed by atoms with E-state index in [2.05, 4.69) is 34.3 Å². The van der Waals surface area contributed by atoms with Crippen LogP contribution in [0.1, 0.15) is 70.2 Å². The van der Waals surface area contributed by atoms with E-state index < -0.39 is 27.3 Å². The van der Waals surface area contributed by atoms with Crippen LogP contribution in [0.25, 0.3) is 0 Å². The fourth-order valence-corrected chi connectivity index (χ4v) is 10.6. The molecule has 6 aliphatic carbocycles. The van der Waals surface area contributed by atoms with Crippen molar-refractivity contribution >= 4 is 17.3 Å². The van der Waals surface area contributed by atoms with Crippen molar-refractivity contribution in [1.82, 2.24) is 0 Å². The van der Waals surface area contributed by atoms with Gasteiger partial charge in [-0.05, 0) is 56.3 Å². The lowest BCUT2D eigenvalue weighted by molar-refractivity contribution is -0.250. The molecular weight excluding hydrogens is 412 g/mol. The number of methoxy groups -OCH3 is 1. The highest BCUT2D eigenvalue weighted by molar-refractivity contribution is 6.34. The number of ether oxygens (including phenoxy) is 1. The van der Waals surface area contributed by atoms with Crippen LogP contribution in [0.3, 0.4) is 0 Å². The van der Waals surface area contributed by atoms with Gasteiger partial charge < -0.3 is 4.74 Å². The minimum absolute atomic E-state index is 0.00604. The van der Waals surface area contributed by atoms with Crippen molar-refractivity contribution in [2.24, 2.45) is 38.9 Å². The molecule has 7 atom stereocenters. The molecule has 6 fully saturated rings. The minimum atomic E-state index is -1.60. The molecule has 1 aromatic rings. The van der Waals surface area contributed by atoms with E-state index in [0.29, 0.717) is 24.8 Å². The summed E-state index contributed by atoms with van der Waals surface area (Å²) in [5, 5.41) is 0. The molecule has 0 radical (unpaired) electrons. The highest BCUT2D eigenvalue weighted by Gasteiger charge is 2.97. The standard InChI is InChI=1S/C29H34O4/c1-17(2)19-14-28-20(24(19,3)4)15-26-13-12-25(5,29(26,28)33-6)16-27(22(26)31,23(28)32)21(30)18-10-8-7-9-11-18/h7-11,19-20H,1,12-16H2,2-6H3/t19?,20?,25-,26?,27?,28?,29?/m1/s1. The van der Waals surface area contributed by atoms with Crippen LogP contribution in [0.15, 0.2) is 42.5 Å². The second-order valence-corrected chi connectivity index (χ2v) is 12.6. The maximum Gasteiger partial charge on any atom is 0.183 e. The van der Waals surface area contributed by atoms with Crippen molar-refractivity contribution < 1.29 is 19.1 Å². The lowest BCUT2D eigenvalue weighted by atomic mass is 9.35. The molecule has 4 nitrogen and oxygen atoms in total. The highest BCUT2D eigenvalue weighted by atomic mass is 16.5. The molecule has 1 spiro atoms. The SMILES string of the molecule is C=C(C)C1CC23C(=O)C4(C(=O)c5ccccc5)C[C@@]5(C)CCC(CC2C1(C)C)(C4=O)C35OC. The second-order valence-electron chi connectivity index (χ2n) is 12.6. The van der Waals surface area contributed by atoms with E-state index in [1.165, 1.54) is 0 Å². The monoisotopic (exact) mass is 446 g/mol. The van der Waals surface area contributed by atoms with Crippen LogP contribution >= 0.6 is 0 Å². The van der Waals surface area contributed by atoms with Crippen molar-refractivity contribution in [2.45, 2.75) is 65.4 Å². The summed E-state index contributed by atoms with van der Waals surface area (Å²) < 4.78 is 6.55. The van der Waals surface area contributed by atoms with E-state index in [-0.39, 0.29) is 41.0 Å². The van der Waals surface area contributed by atoms with Crippen LogP contribution in [0.4, 0.5) is 0 Å². The van der Waals surface area contributed by atoms with Gasteiger partial charge in [0.2, 0.25) is 0 Å². The number of carbonyl (C=O) groups excluding carboxylic acids is 3. The maximum atomic E-state index is 14.9. The number of benzene rings is 1. The number of rotatable bonds is 4. The number of ketones is 3. The third-order valence-corrected chi connectivity index (χ3v) is 11.3. The summed E-state index contributed by atoms with van der Waals surface area (Å²) in [6, 6.07) is 8.97. The van der Waals surface area contributed by atoms with E-state index in [4.69, 9.17) is 4.74 Å². The van der Waals surface area contributed by atoms with E-state index in [1.807, 2.05) is 18.2 Å². The Kier molecular flexibility index (Phi) is 3.75. The Labute approximate surface area is 196 Å². The van der Waals surface area contributed by atoms with Crippen LogP contribution in [0.5, 0.6) is 0 Å². The van der Waals surface area contributed by atoms with Crippen molar-refractivity contribution in [2.75, 3.05) is 7.11 Å². The van der Waals surface area contributed by atoms with Crippen molar-refractivity contribution in [1.29, 1.82) is 0 Å². The van der Waals surface area contributed by atoms with E-state index >= 15 is 0 Å². The first-order chi connectivity index (χ1) is 15.4. The predicted molar refractivity (Wildman–Crippen MR) is 125 cm³/mol. The smallest absolute Gasteiger partial charge is 0.183 e. The first kappa shape index (κ1) is 21.5. The summed E-state index contributed by atoms with van der Waals surface area (Å²) in [6.45, 7) is 13.0. The number of allylic oxidation sites excluding steroid dienone is 1. The van der Waals surface area contributed by atoms with Gasteiger partial charge in [0, 0.05) is 18.1 Å². The largest absolute Gasteiger partial charge is 0.376 e. The van der Waals surface area contributed by atoms with Crippen LogP contribution < -0.4 is 0 Å². The average Bonchev–Trinajstić information content (AvgIpc) is 3.26. The highest BCUT2D eigenvalue weighted by Crippen LogP contribution is 2.89. The van der Waals surface area contributed by atoms with Crippen molar-refractivity contribution in [3.63, 3.8) is 0 Å². The number of Topliss-reactive ketones (excluding diaryl/α,β-unsaturated/α-hetero) is 3. The topological polar surface area (TPSA) is 60.4 Å². The number of hydrogen-bond acceptors (Lipinski definition) is 4. The summed E-state index contributed by atoms with van der Waals surface area (Å²) in [4.78, 5) is 43.7. The van der Waals surface area contributed by atoms with Gasteiger partial charge in [-0.25, -0.2) is 0 Å². The molecule has 0 amide bonds. The first-order valence-corrected chi connectivity index (χ1v) is 12.3. The van der Waals surface area contributed by atoms with Gasteiger partial charge in [-0.2, -0.15) is 0 Å². The van der Waals surface area contributed by atoms with Crippen LogP contribution in [0.2, 0.25) is 0 Å². The molecule has 5 bridgehead atoms. The first-order valence-electron chi connectivity index (χ1n) is 12.3. The fraction of sp³-hybridized carbons (Fsp3) is 0.621. The van der Waals surface area contributed by atoms with E-state index in [9.17, 15) is 14.4 Å². The lowest BCUT2D eigenvalue weighted by Gasteiger charge is -2.67. The van der Waals surface area contributed by atoms with Gasteiger partial charge in [-0.3, -0.25) is 14.4 Å². The number of hydrogen-bond donors (Lipinski definition) is 0. The Morgan fingerprint density at radius 3 is 2.30 bits per heavy atom. The summed E-state index contributed by atoms with van der Waals surface area (Å²) >= 11 is 0. The molecule has 6 aliphatic rings. The molecule has 6 saturated carbocycles. The molecule has 0 aliphatic heterocycles. The Morgan fingerprint density at radius 1 is 1.03 bits per heavy atom. The summed E-state index contributed by atoms with van der Waals surface area (Å²) in [6.07, 6.45) is 3.06. The zero-order valence-electron chi connectivity index (χ0n) is 20.4. The van der Waals surface area contributed by atoms with Gasteiger partial charge in [0.15, 0.2) is 22.8 Å². The predicted octanol–water partition coefficient (Wildman–Crippen LogP) is 5.21. The summed E-state index contributed by atoms with van der Waals surface area (Å²) in [5.41, 5.74) is -3.10. The van der Waals surface area contributed by atoms with Crippen molar-refractivity contribution in [3.8, 4) is 0 Å². The molecule has 0 aromatic heterocycles. The van der Waals surface area contributed by atoms with E-state index in [0.717, 1.165) is 12.0 Å². The second kappa shape index (κ2) is 5.76. The summed E-state index contributed by atoms with van der Waals surface area (Å²) in [7, 11) is 1.71. The minimum Gasteiger partial charge on any atom is -0.376 e. The Bertz CT molecular complexity index is 1150. The molecule has 7 rings (SSSR count). The number of carbonyl (C=O) groups is 3. The maximum absolute atomic E-state index is 14.9. The molecule has 4 heteroatoms. The van der Waals surface area contributed by atoms with Crippen molar-refractivity contribution in [3.05, 3.63) is 48.0 Å². The third kappa shape index (κ3) is 1.77. The van der Waals surface area contributed by atoms with Gasteiger partial charge in [0.25, 0.3) is 0 Å². The molecule has 6 unspecified atom stereocenters. The van der Waals surface area contributed by atoms with Gasteiger partial charge >= 0.3 is 0 Å².